The van der Waals surface area contributed by atoms with Gasteiger partial charge in [-0.2, -0.15) is 0 Å². The zero-order valence-corrected chi connectivity index (χ0v) is 18.3. The summed E-state index contributed by atoms with van der Waals surface area (Å²) in [6.07, 6.45) is 7.24. The summed E-state index contributed by atoms with van der Waals surface area (Å²) < 4.78 is 5.43. The van der Waals surface area contributed by atoms with Crippen LogP contribution in [0, 0.1) is 0 Å². The van der Waals surface area contributed by atoms with Crippen molar-refractivity contribution in [3.05, 3.63) is 64.9 Å². The fourth-order valence-corrected chi connectivity index (χ4v) is 2.82. The van der Waals surface area contributed by atoms with Crippen molar-refractivity contribution in [1.29, 1.82) is 0 Å². The number of ether oxygens (including phenoxy) is 1. The molecule has 2 amide bonds. The van der Waals surface area contributed by atoms with Crippen molar-refractivity contribution in [2.75, 3.05) is 6.61 Å². The molecule has 0 heterocycles. The minimum absolute atomic E-state index is 0.0205. The summed E-state index contributed by atoms with van der Waals surface area (Å²) in [6, 6.07) is 7.56. The van der Waals surface area contributed by atoms with Gasteiger partial charge in [0.25, 0.3) is 11.8 Å². The molecule has 0 unspecified atom stereocenters. The Morgan fingerprint density at radius 1 is 1.23 bits per heavy atom. The van der Waals surface area contributed by atoms with Gasteiger partial charge in [-0.25, -0.2) is 0 Å². The highest BCUT2D eigenvalue weighted by Gasteiger charge is 2.11. The molecule has 0 radical (unpaired) electrons. The number of rotatable bonds is 6. The van der Waals surface area contributed by atoms with Gasteiger partial charge in [0, 0.05) is 11.3 Å². The van der Waals surface area contributed by atoms with E-state index in [0.29, 0.717) is 22.9 Å². The van der Waals surface area contributed by atoms with Gasteiger partial charge in [-0.1, -0.05) is 32.1 Å². The van der Waals surface area contributed by atoms with Crippen molar-refractivity contribution < 1.29 is 14.3 Å². The fourth-order valence-electron chi connectivity index (χ4n) is 2.68. The molecule has 160 valence electrons. The van der Waals surface area contributed by atoms with Gasteiger partial charge in [-0.3, -0.25) is 25.8 Å². The minimum atomic E-state index is -0.432. The van der Waals surface area contributed by atoms with Crippen LogP contribution in [0.25, 0.3) is 0 Å². The Labute approximate surface area is 182 Å². The number of carbonyl (C=O) groups is 2. The second-order valence-electron chi connectivity index (χ2n) is 7.22. The fraction of sp³-hybridized carbons (Fsp3) is 0.318. The molecule has 7 nitrogen and oxygen atoms in total. The average molecular weight is 429 g/mol. The van der Waals surface area contributed by atoms with Gasteiger partial charge in [0.15, 0.2) is 11.7 Å². The van der Waals surface area contributed by atoms with E-state index < -0.39 is 5.91 Å². The van der Waals surface area contributed by atoms with Crippen LogP contribution < -0.4 is 26.6 Å². The maximum absolute atomic E-state index is 12.2. The van der Waals surface area contributed by atoms with E-state index in [1.807, 2.05) is 36.4 Å². The smallest absolute Gasteiger partial charge is 0.276 e. The Kier molecular flexibility index (Phi) is 8.61. The predicted octanol–water partition coefficient (Wildman–Crippen LogP) is 2.72. The van der Waals surface area contributed by atoms with E-state index in [0.717, 1.165) is 18.4 Å². The molecule has 1 aliphatic rings. The number of nitrogens with two attached hydrogens (primary N) is 1. The van der Waals surface area contributed by atoms with E-state index in [-0.39, 0.29) is 17.6 Å². The standard InChI is InChI=1S/C22H28N4O3S/c1-14(2)16-8-10-18(11-9-16)29-13-20(27)25-26-22(30)24-21(28)15(3)12-17-6-4-5-7-19(17)23/h5,7-12,14H,4,6,13,23H2,1-3H3,(H,25,27)(H2,24,26,28,30)/b15-12+. The number of hydrazine groups is 1. The van der Waals surface area contributed by atoms with E-state index >= 15 is 0 Å². The monoisotopic (exact) mass is 428 g/mol. The average Bonchev–Trinajstić information content (AvgIpc) is 2.72. The maximum atomic E-state index is 12.2. The number of carbonyl (C=O) groups excluding carboxylic acids is 2. The quantitative estimate of drug-likeness (QED) is 0.315. The second-order valence-corrected chi connectivity index (χ2v) is 7.63. The molecule has 0 bridgehead atoms. The Morgan fingerprint density at radius 2 is 1.93 bits per heavy atom. The van der Waals surface area contributed by atoms with Crippen molar-refractivity contribution in [1.82, 2.24) is 16.2 Å². The molecule has 0 atom stereocenters. The number of thiocarbonyl (C=S) groups is 1. The van der Waals surface area contributed by atoms with E-state index in [2.05, 4.69) is 30.0 Å². The summed E-state index contributed by atoms with van der Waals surface area (Å²) >= 11 is 5.04. The molecule has 0 saturated heterocycles. The lowest BCUT2D eigenvalue weighted by atomic mass is 10.00. The molecule has 8 heteroatoms. The third kappa shape index (κ3) is 7.36. The molecule has 2 rings (SSSR count). The molecular formula is C22H28N4O3S. The Balaban J connectivity index is 1.74. The van der Waals surface area contributed by atoms with E-state index in [4.69, 9.17) is 22.7 Å². The first-order valence-electron chi connectivity index (χ1n) is 9.72. The van der Waals surface area contributed by atoms with E-state index in [1.165, 1.54) is 5.56 Å². The highest BCUT2D eigenvalue weighted by atomic mass is 32.1. The first-order valence-corrected chi connectivity index (χ1v) is 10.1. The normalized spacial score (nSPS) is 13.8. The van der Waals surface area contributed by atoms with Crippen LogP contribution in [0.2, 0.25) is 0 Å². The van der Waals surface area contributed by atoms with Crippen LogP contribution in [-0.4, -0.2) is 23.5 Å². The van der Waals surface area contributed by atoms with Crippen molar-refractivity contribution in [3.8, 4) is 5.75 Å². The molecular weight excluding hydrogens is 400 g/mol. The molecule has 0 spiro atoms. The van der Waals surface area contributed by atoms with E-state index in [1.54, 1.807) is 13.0 Å². The first-order chi connectivity index (χ1) is 14.3. The molecule has 1 aliphatic carbocycles. The zero-order valence-electron chi connectivity index (χ0n) is 17.5. The lowest BCUT2D eigenvalue weighted by Crippen LogP contribution is -2.49. The van der Waals surface area contributed by atoms with Crippen molar-refractivity contribution in [2.45, 2.75) is 39.5 Å². The van der Waals surface area contributed by atoms with E-state index in [9.17, 15) is 9.59 Å². The molecule has 30 heavy (non-hydrogen) atoms. The van der Waals surface area contributed by atoms with Crippen molar-refractivity contribution in [3.63, 3.8) is 0 Å². The van der Waals surface area contributed by atoms with Crippen molar-refractivity contribution in [2.24, 2.45) is 5.73 Å². The second kappa shape index (κ2) is 11.2. The molecule has 0 aromatic heterocycles. The summed E-state index contributed by atoms with van der Waals surface area (Å²) in [7, 11) is 0. The molecule has 0 saturated carbocycles. The van der Waals surface area contributed by atoms with Crippen molar-refractivity contribution >= 4 is 29.1 Å². The van der Waals surface area contributed by atoms with Gasteiger partial charge in [0.2, 0.25) is 0 Å². The molecule has 1 aromatic rings. The number of hydrogen-bond acceptors (Lipinski definition) is 5. The third-order valence-electron chi connectivity index (χ3n) is 4.46. The number of allylic oxidation sites excluding steroid dienone is 4. The SMILES string of the molecule is C/C(=C\C1=C(N)C=CCC1)C(=O)NC(=S)NNC(=O)COc1ccc(C(C)C)cc1. The number of nitrogens with one attached hydrogen (secondary N) is 3. The predicted molar refractivity (Wildman–Crippen MR) is 121 cm³/mol. The zero-order chi connectivity index (χ0) is 22.1. The number of amides is 2. The van der Waals surface area contributed by atoms with Gasteiger partial charge in [-0.05, 0) is 73.3 Å². The third-order valence-corrected chi connectivity index (χ3v) is 4.66. The molecule has 1 aromatic carbocycles. The summed E-state index contributed by atoms with van der Waals surface area (Å²) in [6.45, 7) is 5.69. The topological polar surface area (TPSA) is 105 Å². The Bertz CT molecular complexity index is 886. The number of benzene rings is 1. The lowest BCUT2D eigenvalue weighted by Gasteiger charge is -2.13. The summed E-state index contributed by atoms with van der Waals surface area (Å²) in [5.41, 5.74) is 14.0. The molecule has 0 fully saturated rings. The van der Waals surface area contributed by atoms with Gasteiger partial charge < -0.3 is 10.5 Å². The van der Waals surface area contributed by atoms with Crippen LogP contribution in [0.1, 0.15) is 45.1 Å². The van der Waals surface area contributed by atoms with Crippen LogP contribution in [0.3, 0.4) is 0 Å². The van der Waals surface area contributed by atoms with Crippen LogP contribution in [-0.2, 0) is 9.59 Å². The summed E-state index contributed by atoms with van der Waals surface area (Å²) in [5, 5.41) is 2.49. The maximum Gasteiger partial charge on any atom is 0.276 e. The molecule has 5 N–H and O–H groups in total. The highest BCUT2D eigenvalue weighted by Crippen LogP contribution is 2.19. The minimum Gasteiger partial charge on any atom is -0.484 e. The van der Waals surface area contributed by atoms with Gasteiger partial charge in [0.05, 0.1) is 0 Å². The first kappa shape index (κ1) is 23.2. The largest absolute Gasteiger partial charge is 0.484 e. The lowest BCUT2D eigenvalue weighted by molar-refractivity contribution is -0.123. The Morgan fingerprint density at radius 3 is 2.57 bits per heavy atom. The summed E-state index contributed by atoms with van der Waals surface area (Å²) in [5.74, 6) is 0.212. The van der Waals surface area contributed by atoms with Crippen LogP contribution in [0.15, 0.2) is 59.3 Å². The molecule has 0 aliphatic heterocycles. The summed E-state index contributed by atoms with van der Waals surface area (Å²) in [4.78, 5) is 24.1. The van der Waals surface area contributed by atoms with Crippen LogP contribution in [0.4, 0.5) is 0 Å². The Hall–Kier alpha value is -3.13. The van der Waals surface area contributed by atoms with Gasteiger partial charge in [-0.15, -0.1) is 0 Å². The van der Waals surface area contributed by atoms with Gasteiger partial charge in [0.1, 0.15) is 5.75 Å². The van der Waals surface area contributed by atoms with Gasteiger partial charge >= 0.3 is 0 Å². The number of hydrogen-bond donors (Lipinski definition) is 4. The highest BCUT2D eigenvalue weighted by molar-refractivity contribution is 7.80. The van der Waals surface area contributed by atoms with Crippen LogP contribution in [0.5, 0.6) is 5.75 Å². The van der Waals surface area contributed by atoms with Crippen LogP contribution >= 0.6 is 12.2 Å².